The number of nitrogens with two attached hydrogens (primary N) is 1. The molecule has 0 aromatic carbocycles. The molecule has 0 bridgehead atoms. The van der Waals surface area contributed by atoms with Gasteiger partial charge >= 0.3 is 0 Å². The summed E-state index contributed by atoms with van der Waals surface area (Å²) in [5.41, 5.74) is 5.82. The lowest BCUT2D eigenvalue weighted by Gasteiger charge is -2.25. The van der Waals surface area contributed by atoms with Gasteiger partial charge in [-0.05, 0) is 32.9 Å². The molecule has 0 saturated carbocycles. The molecule has 1 aliphatic rings. The van der Waals surface area contributed by atoms with Gasteiger partial charge in [0, 0.05) is 12.1 Å². The second-order valence-corrected chi connectivity index (χ2v) is 3.20. The lowest BCUT2D eigenvalue weighted by atomic mass is 10.1. The first-order valence-electron chi connectivity index (χ1n) is 4.25. The molecular weight excluding hydrogens is 124 g/mol. The van der Waals surface area contributed by atoms with Crippen molar-refractivity contribution in [3.8, 4) is 0 Å². The minimum atomic E-state index is 0.349. The zero-order valence-electron chi connectivity index (χ0n) is 7.01. The zero-order valence-corrected chi connectivity index (χ0v) is 7.01. The van der Waals surface area contributed by atoms with Gasteiger partial charge in [-0.15, -0.1) is 0 Å². The van der Waals surface area contributed by atoms with Crippen LogP contribution >= 0.6 is 0 Å². The van der Waals surface area contributed by atoms with Crippen LogP contribution < -0.4 is 5.73 Å². The molecule has 1 fully saturated rings. The van der Waals surface area contributed by atoms with E-state index in [0.717, 1.165) is 6.54 Å². The number of hydrogen-bond acceptors (Lipinski definition) is 2. The number of hydrogen-bond donors (Lipinski definition) is 1. The summed E-state index contributed by atoms with van der Waals surface area (Å²) in [6.07, 6.45) is 2.63. The monoisotopic (exact) mass is 142 g/mol. The Kier molecular flexibility index (Phi) is 2.69. The number of nitrogens with zero attached hydrogens (tertiary/aromatic N) is 1. The van der Waals surface area contributed by atoms with E-state index in [-0.39, 0.29) is 0 Å². The largest absolute Gasteiger partial charge is 0.327 e. The standard InChI is InChI=1S/C8H18N2/c1-3-10-6-4-5-8(10)7(2)9/h7-8H,3-6,9H2,1-2H3. The van der Waals surface area contributed by atoms with Crippen LogP contribution in [0.3, 0.4) is 0 Å². The average Bonchev–Trinajstić information content (AvgIpc) is 2.33. The summed E-state index contributed by atoms with van der Waals surface area (Å²) in [4.78, 5) is 2.48. The van der Waals surface area contributed by atoms with Gasteiger partial charge in [-0.1, -0.05) is 6.92 Å². The van der Waals surface area contributed by atoms with Crippen molar-refractivity contribution >= 4 is 0 Å². The van der Waals surface area contributed by atoms with E-state index in [2.05, 4.69) is 18.7 Å². The molecule has 0 aromatic rings. The number of likely N-dealkylation sites (tertiary alicyclic amines) is 1. The van der Waals surface area contributed by atoms with Crippen LogP contribution in [0.1, 0.15) is 26.7 Å². The molecule has 60 valence electrons. The van der Waals surface area contributed by atoms with Gasteiger partial charge in [0.25, 0.3) is 0 Å². The Balaban J connectivity index is 2.42. The first-order chi connectivity index (χ1) is 4.75. The van der Waals surface area contributed by atoms with E-state index in [1.165, 1.54) is 19.4 Å². The van der Waals surface area contributed by atoms with Crippen molar-refractivity contribution in [1.29, 1.82) is 0 Å². The van der Waals surface area contributed by atoms with E-state index in [1.54, 1.807) is 0 Å². The van der Waals surface area contributed by atoms with Gasteiger partial charge in [-0.25, -0.2) is 0 Å². The molecular formula is C8H18N2. The second kappa shape index (κ2) is 3.35. The molecule has 2 nitrogen and oxygen atoms in total. The molecule has 0 aliphatic carbocycles. The fraction of sp³-hybridized carbons (Fsp3) is 1.00. The third-order valence-corrected chi connectivity index (χ3v) is 2.43. The maximum absolute atomic E-state index is 5.82. The molecule has 2 heteroatoms. The zero-order chi connectivity index (χ0) is 7.56. The molecule has 2 atom stereocenters. The predicted molar refractivity (Wildman–Crippen MR) is 43.9 cm³/mol. The summed E-state index contributed by atoms with van der Waals surface area (Å²) in [5.74, 6) is 0. The minimum absolute atomic E-state index is 0.349. The summed E-state index contributed by atoms with van der Waals surface area (Å²) >= 11 is 0. The maximum atomic E-state index is 5.82. The second-order valence-electron chi connectivity index (χ2n) is 3.20. The van der Waals surface area contributed by atoms with Crippen LogP contribution in [-0.4, -0.2) is 30.1 Å². The Bertz CT molecular complexity index is 101. The third kappa shape index (κ3) is 1.50. The van der Waals surface area contributed by atoms with Gasteiger partial charge in [0.2, 0.25) is 0 Å². The van der Waals surface area contributed by atoms with Crippen LogP contribution in [0.25, 0.3) is 0 Å². The quantitative estimate of drug-likeness (QED) is 0.618. The van der Waals surface area contributed by atoms with Crippen LogP contribution in [0.15, 0.2) is 0 Å². The van der Waals surface area contributed by atoms with Gasteiger partial charge in [0.1, 0.15) is 0 Å². The lowest BCUT2D eigenvalue weighted by Crippen LogP contribution is -2.41. The van der Waals surface area contributed by atoms with Crippen molar-refractivity contribution in [2.75, 3.05) is 13.1 Å². The van der Waals surface area contributed by atoms with E-state index >= 15 is 0 Å². The molecule has 1 saturated heterocycles. The highest BCUT2D eigenvalue weighted by Crippen LogP contribution is 2.18. The van der Waals surface area contributed by atoms with Crippen molar-refractivity contribution in [2.24, 2.45) is 5.73 Å². The smallest absolute Gasteiger partial charge is 0.0244 e. The Morgan fingerprint density at radius 1 is 1.70 bits per heavy atom. The molecule has 0 spiro atoms. The summed E-state index contributed by atoms with van der Waals surface area (Å²) < 4.78 is 0. The predicted octanol–water partition coefficient (Wildman–Crippen LogP) is 0.818. The topological polar surface area (TPSA) is 29.3 Å². The highest BCUT2D eigenvalue weighted by molar-refractivity contribution is 4.83. The molecule has 10 heavy (non-hydrogen) atoms. The molecule has 1 heterocycles. The van der Waals surface area contributed by atoms with E-state index in [1.807, 2.05) is 0 Å². The van der Waals surface area contributed by atoms with Gasteiger partial charge in [-0.2, -0.15) is 0 Å². The Hall–Kier alpha value is -0.0800. The van der Waals surface area contributed by atoms with Gasteiger partial charge in [0.15, 0.2) is 0 Å². The highest BCUT2D eigenvalue weighted by Gasteiger charge is 2.25. The Morgan fingerprint density at radius 3 is 2.80 bits per heavy atom. The Morgan fingerprint density at radius 2 is 2.40 bits per heavy atom. The third-order valence-electron chi connectivity index (χ3n) is 2.43. The van der Waals surface area contributed by atoms with E-state index in [4.69, 9.17) is 5.73 Å². The normalized spacial score (nSPS) is 30.9. The van der Waals surface area contributed by atoms with Crippen LogP contribution in [0.5, 0.6) is 0 Å². The minimum Gasteiger partial charge on any atom is -0.327 e. The van der Waals surface area contributed by atoms with Crippen molar-refractivity contribution in [1.82, 2.24) is 4.90 Å². The first kappa shape index (κ1) is 8.02. The van der Waals surface area contributed by atoms with Crippen LogP contribution in [-0.2, 0) is 0 Å². The van der Waals surface area contributed by atoms with Crippen LogP contribution in [0.4, 0.5) is 0 Å². The van der Waals surface area contributed by atoms with Crippen molar-refractivity contribution in [3.05, 3.63) is 0 Å². The van der Waals surface area contributed by atoms with Gasteiger partial charge in [-0.3, -0.25) is 4.90 Å². The molecule has 0 amide bonds. The van der Waals surface area contributed by atoms with E-state index in [0.29, 0.717) is 12.1 Å². The fourth-order valence-electron chi connectivity index (χ4n) is 1.84. The molecule has 2 N–H and O–H groups in total. The SMILES string of the molecule is CCN1CCCC1C(C)N. The van der Waals surface area contributed by atoms with Crippen molar-refractivity contribution in [3.63, 3.8) is 0 Å². The summed E-state index contributed by atoms with van der Waals surface area (Å²) in [7, 11) is 0. The van der Waals surface area contributed by atoms with Crippen molar-refractivity contribution in [2.45, 2.75) is 38.8 Å². The van der Waals surface area contributed by atoms with E-state index in [9.17, 15) is 0 Å². The Labute approximate surface area is 63.4 Å². The molecule has 2 unspecified atom stereocenters. The van der Waals surface area contributed by atoms with Gasteiger partial charge < -0.3 is 5.73 Å². The fourth-order valence-corrected chi connectivity index (χ4v) is 1.84. The van der Waals surface area contributed by atoms with Crippen LogP contribution in [0, 0.1) is 0 Å². The summed E-state index contributed by atoms with van der Waals surface area (Å²) in [5, 5.41) is 0. The van der Waals surface area contributed by atoms with E-state index < -0.39 is 0 Å². The lowest BCUT2D eigenvalue weighted by molar-refractivity contribution is 0.242. The average molecular weight is 142 g/mol. The number of rotatable bonds is 2. The maximum Gasteiger partial charge on any atom is 0.0244 e. The first-order valence-corrected chi connectivity index (χ1v) is 4.25. The highest BCUT2D eigenvalue weighted by atomic mass is 15.2. The molecule has 1 aliphatic heterocycles. The molecule has 0 aromatic heterocycles. The van der Waals surface area contributed by atoms with Gasteiger partial charge in [0.05, 0.1) is 0 Å². The van der Waals surface area contributed by atoms with Crippen LogP contribution in [0.2, 0.25) is 0 Å². The molecule has 1 rings (SSSR count). The number of likely N-dealkylation sites (N-methyl/N-ethyl adjacent to an activating group) is 1. The van der Waals surface area contributed by atoms with Crippen molar-refractivity contribution < 1.29 is 0 Å². The summed E-state index contributed by atoms with van der Waals surface area (Å²) in [6.45, 7) is 6.73. The summed E-state index contributed by atoms with van der Waals surface area (Å²) in [6, 6.07) is 1.01. The molecule has 0 radical (unpaired) electrons.